The zero-order chi connectivity index (χ0) is 12.1. The van der Waals surface area contributed by atoms with Crippen molar-refractivity contribution in [2.45, 2.75) is 45.2 Å². The second-order valence-corrected chi connectivity index (χ2v) is 4.80. The van der Waals surface area contributed by atoms with Crippen LogP contribution in [0.25, 0.3) is 0 Å². The van der Waals surface area contributed by atoms with E-state index in [4.69, 9.17) is 0 Å². The third kappa shape index (κ3) is 3.19. The molecular formula is C14H23N3. The van der Waals surface area contributed by atoms with Gasteiger partial charge in [0.05, 0.1) is 0 Å². The first kappa shape index (κ1) is 12.4. The smallest absolute Gasteiger partial charge is 0.125 e. The highest BCUT2D eigenvalue weighted by atomic mass is 15.1. The van der Waals surface area contributed by atoms with Gasteiger partial charge in [-0.15, -0.1) is 0 Å². The van der Waals surface area contributed by atoms with Crippen LogP contribution in [0.1, 0.15) is 38.2 Å². The molecule has 2 rings (SSSR count). The quantitative estimate of drug-likeness (QED) is 0.847. The zero-order valence-corrected chi connectivity index (χ0v) is 10.9. The number of nitrogens with one attached hydrogen (secondary N) is 1. The van der Waals surface area contributed by atoms with Gasteiger partial charge in [0.1, 0.15) is 5.82 Å². The molecule has 94 valence electrons. The summed E-state index contributed by atoms with van der Waals surface area (Å²) < 4.78 is 0. The number of rotatable bonds is 5. The third-order valence-electron chi connectivity index (χ3n) is 3.71. The van der Waals surface area contributed by atoms with E-state index >= 15 is 0 Å². The van der Waals surface area contributed by atoms with Crippen molar-refractivity contribution in [2.75, 3.05) is 18.9 Å². The predicted octanol–water partition coefficient (Wildman–Crippen LogP) is 2.89. The Bertz CT molecular complexity index is 328. The van der Waals surface area contributed by atoms with Gasteiger partial charge in [-0.25, -0.2) is 4.98 Å². The van der Waals surface area contributed by atoms with Crippen molar-refractivity contribution >= 4 is 5.82 Å². The maximum atomic E-state index is 4.37. The van der Waals surface area contributed by atoms with Gasteiger partial charge < -0.3 is 5.32 Å². The molecule has 1 fully saturated rings. The Kier molecular flexibility index (Phi) is 4.37. The van der Waals surface area contributed by atoms with Crippen LogP contribution < -0.4 is 5.32 Å². The lowest BCUT2D eigenvalue weighted by molar-refractivity contribution is 0.200. The summed E-state index contributed by atoms with van der Waals surface area (Å²) in [5.41, 5.74) is 1.32. The first-order chi connectivity index (χ1) is 8.33. The van der Waals surface area contributed by atoms with Gasteiger partial charge in [-0.1, -0.05) is 25.8 Å². The summed E-state index contributed by atoms with van der Waals surface area (Å²) in [4.78, 5) is 6.96. The van der Waals surface area contributed by atoms with Gasteiger partial charge in [-0.05, 0) is 31.0 Å². The van der Waals surface area contributed by atoms with Crippen molar-refractivity contribution in [3.8, 4) is 0 Å². The van der Waals surface area contributed by atoms with E-state index in [0.717, 1.165) is 24.9 Å². The van der Waals surface area contributed by atoms with Gasteiger partial charge in [0.2, 0.25) is 0 Å². The largest absolute Gasteiger partial charge is 0.373 e. The van der Waals surface area contributed by atoms with Crippen LogP contribution in [0.3, 0.4) is 0 Å². The van der Waals surface area contributed by atoms with Crippen molar-refractivity contribution < 1.29 is 0 Å². The minimum Gasteiger partial charge on any atom is -0.373 e. The molecule has 1 heterocycles. The van der Waals surface area contributed by atoms with E-state index in [2.05, 4.69) is 34.3 Å². The Morgan fingerprint density at radius 1 is 1.35 bits per heavy atom. The second kappa shape index (κ2) is 6.01. The first-order valence-corrected chi connectivity index (χ1v) is 6.70. The summed E-state index contributed by atoms with van der Waals surface area (Å²) in [5.74, 6) is 0.942. The lowest BCUT2D eigenvalue weighted by atomic mass is 10.2. The van der Waals surface area contributed by atoms with Crippen LogP contribution >= 0.6 is 0 Å². The third-order valence-corrected chi connectivity index (χ3v) is 3.71. The molecule has 0 aromatic carbocycles. The summed E-state index contributed by atoms with van der Waals surface area (Å²) in [7, 11) is 1.90. The Morgan fingerprint density at radius 3 is 2.65 bits per heavy atom. The summed E-state index contributed by atoms with van der Waals surface area (Å²) in [6, 6.07) is 5.03. The average molecular weight is 233 g/mol. The highest BCUT2D eigenvalue weighted by molar-refractivity contribution is 5.34. The van der Waals surface area contributed by atoms with Gasteiger partial charge in [-0.3, -0.25) is 4.90 Å². The molecule has 17 heavy (non-hydrogen) atoms. The Labute approximate surface area is 104 Å². The highest BCUT2D eigenvalue weighted by Gasteiger charge is 2.21. The number of hydrogen-bond acceptors (Lipinski definition) is 3. The van der Waals surface area contributed by atoms with Gasteiger partial charge in [0.25, 0.3) is 0 Å². The fraction of sp³-hybridized carbons (Fsp3) is 0.643. The van der Waals surface area contributed by atoms with Crippen molar-refractivity contribution in [1.82, 2.24) is 9.88 Å². The molecule has 1 aliphatic carbocycles. The molecule has 1 aliphatic rings. The maximum Gasteiger partial charge on any atom is 0.125 e. The normalized spacial score (nSPS) is 16.6. The van der Waals surface area contributed by atoms with Gasteiger partial charge in [-0.2, -0.15) is 0 Å². The molecule has 1 saturated carbocycles. The predicted molar refractivity (Wildman–Crippen MR) is 72.1 cm³/mol. The van der Waals surface area contributed by atoms with Crippen LogP contribution in [-0.4, -0.2) is 29.5 Å². The van der Waals surface area contributed by atoms with E-state index in [9.17, 15) is 0 Å². The molecule has 0 saturated heterocycles. The molecule has 0 atom stereocenters. The van der Waals surface area contributed by atoms with Crippen LogP contribution in [0, 0.1) is 0 Å². The molecule has 0 amide bonds. The zero-order valence-electron chi connectivity index (χ0n) is 10.9. The second-order valence-electron chi connectivity index (χ2n) is 4.80. The van der Waals surface area contributed by atoms with E-state index < -0.39 is 0 Å². The monoisotopic (exact) mass is 233 g/mol. The van der Waals surface area contributed by atoms with Crippen molar-refractivity contribution in [3.63, 3.8) is 0 Å². The Balaban J connectivity index is 1.96. The Hall–Kier alpha value is -1.09. The fourth-order valence-electron chi connectivity index (χ4n) is 2.67. The van der Waals surface area contributed by atoms with E-state index in [1.807, 2.05) is 13.2 Å². The SMILES string of the molecule is CCN(Cc1ccc(NC)nc1)C1CCCC1. The molecule has 1 N–H and O–H groups in total. The molecule has 0 unspecified atom stereocenters. The van der Waals surface area contributed by atoms with E-state index in [1.165, 1.54) is 31.2 Å². The minimum absolute atomic E-state index is 0.795. The summed E-state index contributed by atoms with van der Waals surface area (Å²) >= 11 is 0. The van der Waals surface area contributed by atoms with E-state index in [1.54, 1.807) is 0 Å². The summed E-state index contributed by atoms with van der Waals surface area (Å²) in [6.07, 6.45) is 7.53. The standard InChI is InChI=1S/C14H23N3/c1-3-17(13-6-4-5-7-13)11-12-8-9-14(15-2)16-10-12/h8-10,13H,3-7,11H2,1-2H3,(H,15,16). The molecule has 1 aromatic rings. The van der Waals surface area contributed by atoms with Crippen LogP contribution in [0.15, 0.2) is 18.3 Å². The van der Waals surface area contributed by atoms with Crippen molar-refractivity contribution in [1.29, 1.82) is 0 Å². The summed E-state index contributed by atoms with van der Waals surface area (Å²) in [5, 5.41) is 3.05. The van der Waals surface area contributed by atoms with Crippen molar-refractivity contribution in [3.05, 3.63) is 23.9 Å². The van der Waals surface area contributed by atoms with E-state index in [-0.39, 0.29) is 0 Å². The fourth-order valence-corrected chi connectivity index (χ4v) is 2.67. The average Bonchev–Trinajstić information content (AvgIpc) is 2.90. The topological polar surface area (TPSA) is 28.2 Å². The van der Waals surface area contributed by atoms with Gasteiger partial charge >= 0.3 is 0 Å². The molecular weight excluding hydrogens is 210 g/mol. The summed E-state index contributed by atoms with van der Waals surface area (Å²) in [6.45, 7) is 4.43. The molecule has 3 nitrogen and oxygen atoms in total. The van der Waals surface area contributed by atoms with Crippen LogP contribution in [-0.2, 0) is 6.54 Å². The van der Waals surface area contributed by atoms with Crippen LogP contribution in [0.5, 0.6) is 0 Å². The number of aromatic nitrogens is 1. The lowest BCUT2D eigenvalue weighted by Crippen LogP contribution is -2.32. The maximum absolute atomic E-state index is 4.37. The highest BCUT2D eigenvalue weighted by Crippen LogP contribution is 2.24. The first-order valence-electron chi connectivity index (χ1n) is 6.70. The van der Waals surface area contributed by atoms with Crippen LogP contribution in [0.4, 0.5) is 5.82 Å². The lowest BCUT2D eigenvalue weighted by Gasteiger charge is -2.27. The molecule has 0 aliphatic heterocycles. The number of pyridine rings is 1. The molecule has 1 aromatic heterocycles. The number of hydrogen-bond donors (Lipinski definition) is 1. The molecule has 0 bridgehead atoms. The van der Waals surface area contributed by atoms with E-state index in [0.29, 0.717) is 0 Å². The molecule has 3 heteroatoms. The number of nitrogens with zero attached hydrogens (tertiary/aromatic N) is 2. The number of anilines is 1. The van der Waals surface area contributed by atoms with Gasteiger partial charge in [0.15, 0.2) is 0 Å². The minimum atomic E-state index is 0.795. The molecule has 0 spiro atoms. The van der Waals surface area contributed by atoms with Crippen LogP contribution in [0.2, 0.25) is 0 Å². The molecule has 0 radical (unpaired) electrons. The Morgan fingerprint density at radius 2 is 2.12 bits per heavy atom. The van der Waals surface area contributed by atoms with Gasteiger partial charge in [0, 0.05) is 25.8 Å². The van der Waals surface area contributed by atoms with Crippen molar-refractivity contribution in [2.24, 2.45) is 0 Å².